The van der Waals surface area contributed by atoms with E-state index >= 15 is 0 Å². The molecule has 156 valence electrons. The fraction of sp³-hybridized carbons (Fsp3) is 0.381. The van der Waals surface area contributed by atoms with Gasteiger partial charge in [-0.2, -0.15) is 4.31 Å². The Labute approximate surface area is 177 Å². The molecule has 1 N–H and O–H groups in total. The molecule has 0 atom stereocenters. The third kappa shape index (κ3) is 5.79. The van der Waals surface area contributed by atoms with Gasteiger partial charge in [0.2, 0.25) is 15.9 Å². The highest BCUT2D eigenvalue weighted by atomic mass is 35.5. The second-order valence-corrected chi connectivity index (χ2v) is 9.49. The second kappa shape index (κ2) is 9.71. The summed E-state index contributed by atoms with van der Waals surface area (Å²) in [7, 11) is -3.51. The van der Waals surface area contributed by atoms with Crippen LogP contribution in [-0.2, 0) is 21.4 Å². The molecular weight excluding hydrogens is 410 g/mol. The first-order valence-electron chi connectivity index (χ1n) is 9.75. The minimum Gasteiger partial charge on any atom is -0.325 e. The minimum absolute atomic E-state index is 0.190. The van der Waals surface area contributed by atoms with Crippen LogP contribution < -0.4 is 5.32 Å². The molecule has 0 bridgehead atoms. The number of rotatable bonds is 8. The number of hydrogen-bond donors (Lipinski definition) is 1. The van der Waals surface area contributed by atoms with Crippen LogP contribution >= 0.6 is 11.6 Å². The van der Waals surface area contributed by atoms with Crippen LogP contribution in [0.4, 0.5) is 5.69 Å². The third-order valence-corrected chi connectivity index (χ3v) is 7.06. The molecule has 8 heteroatoms. The molecule has 1 heterocycles. The average Bonchev–Trinajstić information content (AvgIpc) is 3.23. The molecule has 1 saturated heterocycles. The largest absolute Gasteiger partial charge is 0.325 e. The highest BCUT2D eigenvalue weighted by Crippen LogP contribution is 2.23. The summed E-state index contributed by atoms with van der Waals surface area (Å²) in [5, 5.41) is 3.48. The number of nitrogens with one attached hydrogen (secondary N) is 1. The fourth-order valence-electron chi connectivity index (χ4n) is 3.39. The summed E-state index contributed by atoms with van der Waals surface area (Å²) in [6.07, 6.45) is 1.77. The van der Waals surface area contributed by atoms with Gasteiger partial charge < -0.3 is 5.32 Å². The van der Waals surface area contributed by atoms with Crippen molar-refractivity contribution in [1.82, 2.24) is 9.21 Å². The van der Waals surface area contributed by atoms with E-state index in [1.165, 1.54) is 10.4 Å². The molecule has 1 aliphatic rings. The van der Waals surface area contributed by atoms with E-state index in [1.807, 2.05) is 36.1 Å². The Balaban J connectivity index is 1.64. The van der Waals surface area contributed by atoms with Crippen LogP contribution in [0, 0.1) is 0 Å². The van der Waals surface area contributed by atoms with Crippen molar-refractivity contribution in [3.63, 3.8) is 0 Å². The maximum absolute atomic E-state index is 12.7. The zero-order chi connectivity index (χ0) is 20.9. The zero-order valence-electron chi connectivity index (χ0n) is 16.5. The molecule has 2 aromatic carbocycles. The molecule has 3 rings (SSSR count). The van der Waals surface area contributed by atoms with Crippen molar-refractivity contribution in [2.24, 2.45) is 0 Å². The van der Waals surface area contributed by atoms with Gasteiger partial charge in [0.25, 0.3) is 0 Å². The van der Waals surface area contributed by atoms with E-state index < -0.39 is 10.0 Å². The molecule has 29 heavy (non-hydrogen) atoms. The van der Waals surface area contributed by atoms with Gasteiger partial charge in [0.15, 0.2) is 0 Å². The molecule has 1 fully saturated rings. The molecule has 1 aliphatic heterocycles. The summed E-state index contributed by atoms with van der Waals surface area (Å²) < 4.78 is 26.9. The number of likely N-dealkylation sites (N-methyl/N-ethyl adjacent to an activating group) is 1. The number of anilines is 1. The van der Waals surface area contributed by atoms with Crippen molar-refractivity contribution in [3.8, 4) is 0 Å². The molecule has 0 aromatic heterocycles. The average molecular weight is 436 g/mol. The van der Waals surface area contributed by atoms with Gasteiger partial charge >= 0.3 is 0 Å². The van der Waals surface area contributed by atoms with Crippen LogP contribution in [0.15, 0.2) is 53.4 Å². The summed E-state index contributed by atoms with van der Waals surface area (Å²) >= 11 is 6.03. The molecule has 0 aliphatic carbocycles. The van der Waals surface area contributed by atoms with Gasteiger partial charge in [0, 0.05) is 30.3 Å². The van der Waals surface area contributed by atoms with Crippen LogP contribution in [0.3, 0.4) is 0 Å². The number of hydrogen-bond acceptors (Lipinski definition) is 4. The summed E-state index contributed by atoms with van der Waals surface area (Å²) in [6.45, 7) is 4.59. The Morgan fingerprint density at radius 2 is 1.86 bits per heavy atom. The molecule has 1 amide bonds. The maximum Gasteiger partial charge on any atom is 0.243 e. The predicted molar refractivity (Wildman–Crippen MR) is 115 cm³/mol. The Morgan fingerprint density at radius 1 is 1.14 bits per heavy atom. The standard InChI is InChI=1S/C21H26ClN3O3S/c1-2-24(15-17-7-5-8-18(22)13-17)16-21(26)23-19-9-6-10-20(14-19)29(27,28)25-11-3-4-12-25/h5-10,13-14H,2-4,11-12,15-16H2,1H3,(H,23,26). The Hall–Kier alpha value is -1.93. The van der Waals surface area contributed by atoms with Crippen LogP contribution in [0.5, 0.6) is 0 Å². The first-order chi connectivity index (χ1) is 13.9. The van der Waals surface area contributed by atoms with E-state index in [0.717, 1.165) is 18.4 Å². The highest BCUT2D eigenvalue weighted by molar-refractivity contribution is 7.89. The lowest BCUT2D eigenvalue weighted by atomic mass is 10.2. The van der Waals surface area contributed by atoms with Gasteiger partial charge in [0.05, 0.1) is 11.4 Å². The minimum atomic E-state index is -3.51. The summed E-state index contributed by atoms with van der Waals surface area (Å²) in [6, 6.07) is 14.0. The van der Waals surface area contributed by atoms with E-state index in [1.54, 1.807) is 18.2 Å². The number of amides is 1. The van der Waals surface area contributed by atoms with Gasteiger partial charge in [-0.25, -0.2) is 8.42 Å². The normalized spacial score (nSPS) is 15.0. The number of carbonyl (C=O) groups is 1. The number of halogens is 1. The second-order valence-electron chi connectivity index (χ2n) is 7.12. The van der Waals surface area contributed by atoms with E-state index in [2.05, 4.69) is 5.32 Å². The SMILES string of the molecule is CCN(CC(=O)Nc1cccc(S(=O)(=O)N2CCCC2)c1)Cc1cccc(Cl)c1. The topological polar surface area (TPSA) is 69.7 Å². The number of benzene rings is 2. The van der Waals surface area contributed by atoms with Gasteiger partial charge in [-0.1, -0.05) is 36.7 Å². The van der Waals surface area contributed by atoms with E-state index in [4.69, 9.17) is 11.6 Å². The lowest BCUT2D eigenvalue weighted by molar-refractivity contribution is -0.117. The molecule has 2 aromatic rings. The quantitative estimate of drug-likeness (QED) is 0.688. The van der Waals surface area contributed by atoms with Gasteiger partial charge in [-0.05, 0) is 55.3 Å². The van der Waals surface area contributed by atoms with Gasteiger partial charge in [-0.3, -0.25) is 9.69 Å². The number of sulfonamides is 1. The van der Waals surface area contributed by atoms with Crippen molar-refractivity contribution in [2.75, 3.05) is 31.5 Å². The van der Waals surface area contributed by atoms with E-state index in [9.17, 15) is 13.2 Å². The lowest BCUT2D eigenvalue weighted by Gasteiger charge is -2.20. The Bertz CT molecular complexity index is 959. The van der Waals surface area contributed by atoms with Crippen molar-refractivity contribution in [1.29, 1.82) is 0 Å². The molecular formula is C21H26ClN3O3S. The first-order valence-corrected chi connectivity index (χ1v) is 11.6. The van der Waals surface area contributed by atoms with Crippen molar-refractivity contribution >= 4 is 33.2 Å². The van der Waals surface area contributed by atoms with Crippen LogP contribution in [0.1, 0.15) is 25.3 Å². The molecule has 0 saturated carbocycles. The van der Waals surface area contributed by atoms with Crippen LogP contribution in [0.2, 0.25) is 5.02 Å². The number of carbonyl (C=O) groups excluding carboxylic acids is 1. The Morgan fingerprint density at radius 3 is 2.55 bits per heavy atom. The van der Waals surface area contributed by atoms with Gasteiger partial charge in [0.1, 0.15) is 0 Å². The maximum atomic E-state index is 12.7. The lowest BCUT2D eigenvalue weighted by Crippen LogP contribution is -2.33. The first kappa shape index (κ1) is 21.8. The van der Waals surface area contributed by atoms with E-state index in [-0.39, 0.29) is 17.3 Å². The summed E-state index contributed by atoms with van der Waals surface area (Å²) in [5.41, 5.74) is 1.51. The predicted octanol–water partition coefficient (Wildman–Crippen LogP) is 3.59. The third-order valence-electron chi connectivity index (χ3n) is 4.93. The number of nitrogens with zero attached hydrogens (tertiary/aromatic N) is 2. The molecule has 0 unspecified atom stereocenters. The van der Waals surface area contributed by atoms with E-state index in [0.29, 0.717) is 36.9 Å². The van der Waals surface area contributed by atoms with Crippen LogP contribution in [0.25, 0.3) is 0 Å². The Kier molecular flexibility index (Phi) is 7.29. The van der Waals surface area contributed by atoms with Crippen molar-refractivity contribution in [2.45, 2.75) is 31.2 Å². The zero-order valence-corrected chi connectivity index (χ0v) is 18.0. The van der Waals surface area contributed by atoms with Crippen LogP contribution in [-0.4, -0.2) is 49.7 Å². The van der Waals surface area contributed by atoms with Crippen molar-refractivity contribution < 1.29 is 13.2 Å². The smallest absolute Gasteiger partial charge is 0.243 e. The van der Waals surface area contributed by atoms with Crippen molar-refractivity contribution in [3.05, 3.63) is 59.1 Å². The fourth-order valence-corrected chi connectivity index (χ4v) is 5.16. The molecule has 6 nitrogen and oxygen atoms in total. The summed E-state index contributed by atoms with van der Waals surface area (Å²) in [4.78, 5) is 14.7. The van der Waals surface area contributed by atoms with Gasteiger partial charge in [-0.15, -0.1) is 0 Å². The monoisotopic (exact) mass is 435 g/mol. The summed E-state index contributed by atoms with van der Waals surface area (Å²) in [5.74, 6) is -0.190. The molecule has 0 radical (unpaired) electrons. The molecule has 0 spiro atoms. The highest BCUT2D eigenvalue weighted by Gasteiger charge is 2.27.